The van der Waals surface area contributed by atoms with E-state index in [1.807, 2.05) is 32.0 Å². The van der Waals surface area contributed by atoms with Crippen molar-refractivity contribution in [3.63, 3.8) is 0 Å². The van der Waals surface area contributed by atoms with Gasteiger partial charge in [0.05, 0.1) is 5.75 Å². The third-order valence-electron chi connectivity index (χ3n) is 3.32. The van der Waals surface area contributed by atoms with Gasteiger partial charge in [0.25, 0.3) is 11.1 Å². The number of nitrogens with one attached hydrogen (secondary N) is 1. The molecule has 0 spiro atoms. The number of hydrogen-bond acceptors (Lipinski definition) is 6. The highest BCUT2D eigenvalue weighted by Crippen LogP contribution is 2.21. The van der Waals surface area contributed by atoms with E-state index in [1.54, 1.807) is 0 Å². The van der Waals surface area contributed by atoms with Crippen molar-refractivity contribution in [2.45, 2.75) is 45.4 Å². The Bertz CT molecular complexity index is 673. The number of hydrogen-bond donors (Lipinski definition) is 1. The maximum Gasteiger partial charge on any atom is 0.277 e. The van der Waals surface area contributed by atoms with Crippen molar-refractivity contribution in [3.8, 4) is 5.75 Å². The molecular formula is C17H23N3O3S. The molecule has 0 saturated carbocycles. The second kappa shape index (κ2) is 9.32. The molecule has 0 saturated heterocycles. The Morgan fingerprint density at radius 1 is 1.33 bits per heavy atom. The highest BCUT2D eigenvalue weighted by Gasteiger charge is 2.10. The number of carbonyl (C=O) groups excluding carboxylic acids is 1. The van der Waals surface area contributed by atoms with Gasteiger partial charge < -0.3 is 14.5 Å². The maximum atomic E-state index is 11.6. The van der Waals surface area contributed by atoms with Crippen LogP contribution in [-0.4, -0.2) is 28.4 Å². The minimum Gasteiger partial charge on any atom is -0.484 e. The van der Waals surface area contributed by atoms with E-state index >= 15 is 0 Å². The van der Waals surface area contributed by atoms with E-state index in [1.165, 1.54) is 11.8 Å². The van der Waals surface area contributed by atoms with Crippen molar-refractivity contribution >= 4 is 17.7 Å². The summed E-state index contributed by atoms with van der Waals surface area (Å²) in [6.07, 6.45) is 2.04. The van der Waals surface area contributed by atoms with E-state index in [9.17, 15) is 4.79 Å². The number of aromatic nitrogens is 2. The van der Waals surface area contributed by atoms with E-state index in [4.69, 9.17) is 9.15 Å². The Hall–Kier alpha value is -2.02. The SMILES string of the molecule is CCCCNC(=O)CSc1nnc(COc2cc(C)ccc2C)o1. The van der Waals surface area contributed by atoms with E-state index in [2.05, 4.69) is 22.4 Å². The number of ether oxygens (including phenoxy) is 1. The molecule has 0 bridgehead atoms. The van der Waals surface area contributed by atoms with Gasteiger partial charge in [-0.05, 0) is 37.5 Å². The number of carbonyl (C=O) groups is 1. The third-order valence-corrected chi connectivity index (χ3v) is 4.14. The molecule has 130 valence electrons. The summed E-state index contributed by atoms with van der Waals surface area (Å²) in [4.78, 5) is 11.6. The van der Waals surface area contributed by atoms with Crippen LogP contribution in [0.4, 0.5) is 0 Å². The predicted octanol–water partition coefficient (Wildman–Crippen LogP) is 3.27. The number of amides is 1. The van der Waals surface area contributed by atoms with Crippen molar-refractivity contribution in [2.75, 3.05) is 12.3 Å². The number of nitrogens with zero attached hydrogens (tertiary/aromatic N) is 2. The molecule has 0 aliphatic heterocycles. The molecule has 0 aliphatic rings. The smallest absolute Gasteiger partial charge is 0.277 e. The summed E-state index contributed by atoms with van der Waals surface area (Å²) in [5.41, 5.74) is 2.19. The zero-order valence-corrected chi connectivity index (χ0v) is 15.1. The third kappa shape index (κ3) is 5.88. The first-order valence-electron chi connectivity index (χ1n) is 8.00. The lowest BCUT2D eigenvalue weighted by Crippen LogP contribution is -2.25. The zero-order valence-electron chi connectivity index (χ0n) is 14.3. The van der Waals surface area contributed by atoms with Crippen LogP contribution in [0.1, 0.15) is 36.8 Å². The van der Waals surface area contributed by atoms with Crippen molar-refractivity contribution in [3.05, 3.63) is 35.2 Å². The van der Waals surface area contributed by atoms with Gasteiger partial charge in [0.1, 0.15) is 5.75 Å². The number of thioether (sulfide) groups is 1. The van der Waals surface area contributed by atoms with Gasteiger partial charge >= 0.3 is 0 Å². The monoisotopic (exact) mass is 349 g/mol. The summed E-state index contributed by atoms with van der Waals surface area (Å²) >= 11 is 1.23. The number of benzene rings is 1. The molecule has 7 heteroatoms. The minimum absolute atomic E-state index is 0.0279. The molecule has 6 nitrogen and oxygen atoms in total. The highest BCUT2D eigenvalue weighted by atomic mass is 32.2. The van der Waals surface area contributed by atoms with E-state index < -0.39 is 0 Å². The van der Waals surface area contributed by atoms with Crippen LogP contribution in [0.3, 0.4) is 0 Å². The molecule has 24 heavy (non-hydrogen) atoms. The second-order valence-electron chi connectivity index (χ2n) is 5.51. The van der Waals surface area contributed by atoms with Crippen LogP contribution in [0.15, 0.2) is 27.8 Å². The van der Waals surface area contributed by atoms with Gasteiger partial charge in [-0.25, -0.2) is 0 Å². The first-order valence-corrected chi connectivity index (χ1v) is 8.99. The number of unbranched alkanes of at least 4 members (excludes halogenated alkanes) is 1. The van der Waals surface area contributed by atoms with Crippen LogP contribution in [0.25, 0.3) is 0 Å². The fourth-order valence-electron chi connectivity index (χ4n) is 1.94. The van der Waals surface area contributed by atoms with Gasteiger partial charge in [-0.1, -0.05) is 37.2 Å². The fraction of sp³-hybridized carbons (Fsp3) is 0.471. The first kappa shape index (κ1) is 18.3. The summed E-state index contributed by atoms with van der Waals surface area (Å²) in [7, 11) is 0. The molecule has 1 aromatic carbocycles. The minimum atomic E-state index is -0.0279. The van der Waals surface area contributed by atoms with Gasteiger partial charge in [-0.2, -0.15) is 0 Å². The lowest BCUT2D eigenvalue weighted by atomic mass is 10.1. The number of rotatable bonds is 9. The van der Waals surface area contributed by atoms with Crippen molar-refractivity contribution in [1.29, 1.82) is 0 Å². The molecule has 1 amide bonds. The van der Waals surface area contributed by atoms with Gasteiger partial charge in [-0.3, -0.25) is 4.79 Å². The maximum absolute atomic E-state index is 11.6. The molecule has 0 aliphatic carbocycles. The molecule has 2 aromatic rings. The summed E-state index contributed by atoms with van der Waals surface area (Å²) in [5.74, 6) is 1.44. The van der Waals surface area contributed by atoms with Gasteiger partial charge in [0, 0.05) is 6.54 Å². The topological polar surface area (TPSA) is 77.2 Å². The average molecular weight is 349 g/mol. The summed E-state index contributed by atoms with van der Waals surface area (Å²) in [6.45, 7) is 7.00. The van der Waals surface area contributed by atoms with E-state index in [0.717, 1.165) is 29.7 Å². The van der Waals surface area contributed by atoms with Gasteiger partial charge in [0.15, 0.2) is 6.61 Å². The summed E-state index contributed by atoms with van der Waals surface area (Å²) in [6, 6.07) is 6.02. The molecule has 0 radical (unpaired) electrons. The van der Waals surface area contributed by atoms with Gasteiger partial charge in [-0.15, -0.1) is 10.2 Å². The largest absolute Gasteiger partial charge is 0.484 e. The average Bonchev–Trinajstić information content (AvgIpc) is 3.02. The van der Waals surface area contributed by atoms with Crippen molar-refractivity contribution in [2.24, 2.45) is 0 Å². The van der Waals surface area contributed by atoms with Crippen LogP contribution < -0.4 is 10.1 Å². The van der Waals surface area contributed by atoms with Crippen molar-refractivity contribution in [1.82, 2.24) is 15.5 Å². The van der Waals surface area contributed by atoms with Crippen LogP contribution in [-0.2, 0) is 11.4 Å². The van der Waals surface area contributed by atoms with Crippen molar-refractivity contribution < 1.29 is 13.9 Å². The molecule has 1 N–H and O–H groups in total. The normalized spacial score (nSPS) is 10.6. The molecular weight excluding hydrogens is 326 g/mol. The quantitative estimate of drug-likeness (QED) is 0.553. The van der Waals surface area contributed by atoms with Crippen LogP contribution in [0, 0.1) is 13.8 Å². The molecule has 0 fully saturated rings. The Kier molecular flexibility index (Phi) is 7.11. The molecule has 1 aromatic heterocycles. The summed E-state index contributed by atoms with van der Waals surface area (Å²) < 4.78 is 11.2. The first-order chi connectivity index (χ1) is 11.6. The van der Waals surface area contributed by atoms with Crippen LogP contribution in [0.2, 0.25) is 0 Å². The summed E-state index contributed by atoms with van der Waals surface area (Å²) in [5, 5.41) is 11.1. The van der Waals surface area contributed by atoms with E-state index in [0.29, 0.717) is 17.7 Å². The van der Waals surface area contributed by atoms with E-state index in [-0.39, 0.29) is 18.3 Å². The molecule has 2 rings (SSSR count). The number of aryl methyl sites for hydroxylation is 2. The van der Waals surface area contributed by atoms with Gasteiger partial charge in [0.2, 0.25) is 5.91 Å². The lowest BCUT2D eigenvalue weighted by Gasteiger charge is -2.07. The fourth-order valence-corrected chi connectivity index (χ4v) is 2.55. The Balaban J connectivity index is 1.78. The van der Waals surface area contributed by atoms with Crippen LogP contribution >= 0.6 is 11.8 Å². The lowest BCUT2D eigenvalue weighted by molar-refractivity contribution is -0.118. The second-order valence-corrected chi connectivity index (χ2v) is 6.44. The Morgan fingerprint density at radius 3 is 2.96 bits per heavy atom. The molecule has 0 unspecified atom stereocenters. The highest BCUT2D eigenvalue weighted by molar-refractivity contribution is 7.99. The molecule has 0 atom stereocenters. The Morgan fingerprint density at radius 2 is 2.17 bits per heavy atom. The van der Waals surface area contributed by atoms with Crippen LogP contribution in [0.5, 0.6) is 5.75 Å². The predicted molar refractivity (Wildman–Crippen MR) is 93.2 cm³/mol. The zero-order chi connectivity index (χ0) is 17.4. The molecule has 1 heterocycles. The standard InChI is InChI=1S/C17H23N3O3S/c1-4-5-8-18-15(21)11-24-17-20-19-16(23-17)10-22-14-9-12(2)6-7-13(14)3/h6-7,9H,4-5,8,10-11H2,1-3H3,(H,18,21). The Labute approximate surface area is 146 Å².